The molecule has 0 atom stereocenters. The summed E-state index contributed by atoms with van der Waals surface area (Å²) in [4.78, 5) is 8.73. The molecular formula is C21H23FN6O. The maximum absolute atomic E-state index is 13.7. The predicted molar refractivity (Wildman–Crippen MR) is 108 cm³/mol. The number of aliphatic hydroxyl groups excluding tert-OH is 1. The molecule has 4 heterocycles. The minimum atomic E-state index is -0.160. The van der Waals surface area contributed by atoms with Crippen LogP contribution in [0.3, 0.4) is 0 Å². The van der Waals surface area contributed by atoms with Crippen LogP contribution in [-0.4, -0.2) is 50.5 Å². The minimum absolute atomic E-state index is 0.0956. The Morgan fingerprint density at radius 3 is 2.55 bits per heavy atom. The first-order valence-corrected chi connectivity index (χ1v) is 9.99. The highest BCUT2D eigenvalue weighted by Crippen LogP contribution is 2.33. The number of anilines is 2. The lowest BCUT2D eigenvalue weighted by Crippen LogP contribution is -2.44. The average Bonchev–Trinajstić information content (AvgIpc) is 3.41. The summed E-state index contributed by atoms with van der Waals surface area (Å²) in [6.07, 6.45) is 6.39. The van der Waals surface area contributed by atoms with Crippen LogP contribution >= 0.6 is 0 Å². The van der Waals surface area contributed by atoms with Gasteiger partial charge in [-0.25, -0.2) is 9.37 Å². The number of hydrogen-bond donors (Lipinski definition) is 1. The molecule has 0 radical (unpaired) electrons. The molecule has 0 amide bonds. The zero-order valence-electron chi connectivity index (χ0n) is 16.1. The van der Waals surface area contributed by atoms with Crippen LogP contribution in [0.5, 0.6) is 0 Å². The van der Waals surface area contributed by atoms with Gasteiger partial charge in [0.1, 0.15) is 12.1 Å². The number of halogens is 1. The zero-order valence-corrected chi connectivity index (χ0v) is 16.1. The van der Waals surface area contributed by atoms with Gasteiger partial charge in [0.2, 0.25) is 0 Å². The van der Waals surface area contributed by atoms with E-state index < -0.39 is 0 Å². The van der Waals surface area contributed by atoms with E-state index in [1.807, 2.05) is 18.2 Å². The summed E-state index contributed by atoms with van der Waals surface area (Å²) in [6, 6.07) is 9.47. The van der Waals surface area contributed by atoms with Crippen LogP contribution in [0.25, 0.3) is 5.82 Å². The molecule has 7 nitrogen and oxygen atoms in total. The monoisotopic (exact) mass is 394 g/mol. The second-order valence-corrected chi connectivity index (χ2v) is 7.61. The van der Waals surface area contributed by atoms with Gasteiger partial charge in [-0.05, 0) is 49.1 Å². The van der Waals surface area contributed by atoms with E-state index in [0.717, 1.165) is 50.4 Å². The van der Waals surface area contributed by atoms with Crippen molar-refractivity contribution in [3.05, 3.63) is 59.9 Å². The summed E-state index contributed by atoms with van der Waals surface area (Å²) in [6.45, 7) is 2.68. The predicted octanol–water partition coefficient (Wildman–Crippen LogP) is 2.33. The largest absolute Gasteiger partial charge is 0.390 e. The van der Waals surface area contributed by atoms with Crippen molar-refractivity contribution in [3.63, 3.8) is 0 Å². The van der Waals surface area contributed by atoms with Gasteiger partial charge < -0.3 is 14.9 Å². The van der Waals surface area contributed by atoms with Crippen LogP contribution in [0.4, 0.5) is 15.9 Å². The normalized spacial score (nSPS) is 17.0. The molecular weight excluding hydrogens is 371 g/mol. The molecule has 1 aromatic carbocycles. The summed E-state index contributed by atoms with van der Waals surface area (Å²) >= 11 is 0. The van der Waals surface area contributed by atoms with Crippen LogP contribution < -0.4 is 9.80 Å². The lowest BCUT2D eigenvalue weighted by molar-refractivity contribution is 0.277. The lowest BCUT2D eigenvalue weighted by atomic mass is 10.0. The standard InChI is InChI=1S/C21H23FN6O/c22-16-2-1-15-5-10-28(19(15)11-16)18-6-8-26(9-7-18)20-3-4-21(25-24-20)27-12-17(13-29)23-14-27/h1-4,11-12,14,18,29H,5-10,13H2. The first kappa shape index (κ1) is 18.1. The van der Waals surface area contributed by atoms with Gasteiger partial charge in [0.15, 0.2) is 11.6 Å². The van der Waals surface area contributed by atoms with Crippen molar-refractivity contribution in [2.45, 2.75) is 31.9 Å². The minimum Gasteiger partial charge on any atom is -0.390 e. The molecule has 2 aliphatic rings. The molecule has 150 valence electrons. The van der Waals surface area contributed by atoms with Gasteiger partial charge in [-0.3, -0.25) is 4.57 Å². The second kappa shape index (κ2) is 7.44. The van der Waals surface area contributed by atoms with Crippen molar-refractivity contribution in [1.29, 1.82) is 0 Å². The van der Waals surface area contributed by atoms with Gasteiger partial charge in [-0.15, -0.1) is 10.2 Å². The van der Waals surface area contributed by atoms with Gasteiger partial charge in [0.25, 0.3) is 0 Å². The lowest BCUT2D eigenvalue weighted by Gasteiger charge is -2.38. The first-order valence-electron chi connectivity index (χ1n) is 9.99. The van der Waals surface area contributed by atoms with E-state index in [4.69, 9.17) is 5.11 Å². The number of hydrogen-bond acceptors (Lipinski definition) is 6. The molecule has 0 aliphatic carbocycles. The van der Waals surface area contributed by atoms with Gasteiger partial charge in [-0.2, -0.15) is 0 Å². The molecule has 3 aromatic rings. The Labute approximate surface area is 168 Å². The van der Waals surface area contributed by atoms with E-state index in [1.165, 1.54) is 5.56 Å². The molecule has 1 fully saturated rings. The molecule has 0 spiro atoms. The number of imidazole rings is 1. The van der Waals surface area contributed by atoms with Gasteiger partial charge in [-0.1, -0.05) is 6.07 Å². The molecule has 0 bridgehead atoms. The van der Waals surface area contributed by atoms with Crippen LogP contribution in [-0.2, 0) is 13.0 Å². The molecule has 1 saturated heterocycles. The second-order valence-electron chi connectivity index (χ2n) is 7.61. The molecule has 0 unspecified atom stereocenters. The highest BCUT2D eigenvalue weighted by molar-refractivity contribution is 5.59. The Morgan fingerprint density at radius 2 is 1.83 bits per heavy atom. The summed E-state index contributed by atoms with van der Waals surface area (Å²) < 4.78 is 15.4. The van der Waals surface area contributed by atoms with Crippen molar-refractivity contribution in [1.82, 2.24) is 19.7 Å². The third-order valence-electron chi connectivity index (χ3n) is 5.91. The van der Waals surface area contributed by atoms with E-state index in [0.29, 0.717) is 17.6 Å². The number of rotatable bonds is 4. The number of aliphatic hydroxyl groups is 1. The summed E-state index contributed by atoms with van der Waals surface area (Å²) in [5, 5.41) is 17.8. The molecule has 2 aromatic heterocycles. The van der Waals surface area contributed by atoms with Crippen LogP contribution in [0, 0.1) is 5.82 Å². The molecule has 29 heavy (non-hydrogen) atoms. The number of benzene rings is 1. The summed E-state index contributed by atoms with van der Waals surface area (Å²) in [5.41, 5.74) is 2.91. The van der Waals surface area contributed by atoms with Gasteiger partial charge >= 0.3 is 0 Å². The van der Waals surface area contributed by atoms with Crippen molar-refractivity contribution < 1.29 is 9.50 Å². The van der Waals surface area contributed by atoms with Gasteiger partial charge in [0, 0.05) is 37.6 Å². The molecule has 2 aliphatic heterocycles. The molecule has 0 saturated carbocycles. The highest BCUT2D eigenvalue weighted by Gasteiger charge is 2.30. The summed E-state index contributed by atoms with van der Waals surface area (Å²) in [5.74, 6) is 1.38. The smallest absolute Gasteiger partial charge is 0.160 e. The summed E-state index contributed by atoms with van der Waals surface area (Å²) in [7, 11) is 0. The highest BCUT2D eigenvalue weighted by atomic mass is 19.1. The Kier molecular flexibility index (Phi) is 4.63. The zero-order chi connectivity index (χ0) is 19.8. The third-order valence-corrected chi connectivity index (χ3v) is 5.91. The fraction of sp³-hybridized carbons (Fsp3) is 0.381. The third kappa shape index (κ3) is 3.44. The number of fused-ring (bicyclic) bond motifs is 1. The van der Waals surface area contributed by atoms with Crippen LogP contribution in [0.1, 0.15) is 24.1 Å². The maximum atomic E-state index is 13.7. The van der Waals surface area contributed by atoms with Crippen LogP contribution in [0.2, 0.25) is 0 Å². The van der Waals surface area contributed by atoms with E-state index in [9.17, 15) is 4.39 Å². The molecule has 1 N–H and O–H groups in total. The van der Waals surface area contributed by atoms with E-state index in [-0.39, 0.29) is 12.4 Å². The Balaban J connectivity index is 1.24. The van der Waals surface area contributed by atoms with E-state index in [1.54, 1.807) is 29.2 Å². The van der Waals surface area contributed by atoms with E-state index in [2.05, 4.69) is 25.0 Å². The van der Waals surface area contributed by atoms with Crippen LogP contribution in [0.15, 0.2) is 42.9 Å². The fourth-order valence-electron chi connectivity index (χ4n) is 4.36. The van der Waals surface area contributed by atoms with Crippen molar-refractivity contribution in [3.8, 4) is 5.82 Å². The Hall–Kier alpha value is -3.00. The maximum Gasteiger partial charge on any atom is 0.160 e. The first-order chi connectivity index (χ1) is 14.2. The fourth-order valence-corrected chi connectivity index (χ4v) is 4.36. The van der Waals surface area contributed by atoms with Gasteiger partial charge in [0.05, 0.1) is 12.3 Å². The Morgan fingerprint density at radius 1 is 1.03 bits per heavy atom. The number of nitrogens with zero attached hydrogens (tertiary/aromatic N) is 6. The average molecular weight is 394 g/mol. The molecule has 5 rings (SSSR count). The van der Waals surface area contributed by atoms with Crippen molar-refractivity contribution in [2.24, 2.45) is 0 Å². The molecule has 8 heteroatoms. The van der Waals surface area contributed by atoms with E-state index >= 15 is 0 Å². The Bertz CT molecular complexity index is 997. The SMILES string of the molecule is OCc1cn(-c2ccc(N3CCC(N4CCc5ccc(F)cc54)CC3)nn2)cn1. The quantitative estimate of drug-likeness (QED) is 0.732. The number of aromatic nitrogens is 4. The number of piperidine rings is 1. The van der Waals surface area contributed by atoms with Crippen molar-refractivity contribution >= 4 is 11.5 Å². The van der Waals surface area contributed by atoms with Crippen molar-refractivity contribution in [2.75, 3.05) is 29.4 Å². The topological polar surface area (TPSA) is 70.3 Å².